The second-order valence-electron chi connectivity index (χ2n) is 0.506. The summed E-state index contributed by atoms with van der Waals surface area (Å²) in [5.74, 6) is 0. The fourth-order valence-corrected chi connectivity index (χ4v) is 0. The molecule has 0 aromatic heterocycles. The normalized spacial score (nSPS) is 7.20. The Morgan fingerprint density at radius 1 is 0.800 bits per heavy atom. The van der Waals surface area contributed by atoms with E-state index < -0.39 is 17.2 Å². The van der Waals surface area contributed by atoms with Crippen molar-refractivity contribution in [2.24, 2.45) is 0 Å². The zero-order chi connectivity index (χ0) is 7.15. The van der Waals surface area contributed by atoms with Crippen LogP contribution in [0, 0.1) is 0 Å². The maximum Gasteiger partial charge on any atom is 1.00 e. The molecule has 0 amide bonds. The molecule has 0 radical (unpaired) electrons. The molecule has 0 saturated heterocycles. The Labute approximate surface area is 104 Å². The molecular formula is H4Na2O6P2. The first kappa shape index (κ1) is 22.9. The zero-order valence-electron chi connectivity index (χ0n) is 5.50. The molecule has 0 atom stereocenters. The molecule has 52 valence electrons. The largest absolute Gasteiger partial charge is 1.00 e. The Hall–Kier alpha value is 2.62. The van der Waals surface area contributed by atoms with Crippen LogP contribution in [0.5, 0.6) is 0 Å². The topological polar surface area (TPSA) is 127 Å². The van der Waals surface area contributed by atoms with E-state index in [0.29, 0.717) is 0 Å². The SMILES string of the molecule is OP(O)O.[Na+].[Na+].[O-]P([O-])O. The Morgan fingerprint density at radius 2 is 0.800 bits per heavy atom. The van der Waals surface area contributed by atoms with Gasteiger partial charge in [0, 0.05) is 0 Å². The van der Waals surface area contributed by atoms with Crippen LogP contribution in [0.15, 0.2) is 0 Å². The monoisotopic (exact) mass is 208 g/mol. The van der Waals surface area contributed by atoms with Gasteiger partial charge in [0.2, 0.25) is 0 Å². The van der Waals surface area contributed by atoms with Gasteiger partial charge in [-0.15, -0.1) is 0 Å². The maximum absolute atomic E-state index is 8.59. The molecule has 4 N–H and O–H groups in total. The van der Waals surface area contributed by atoms with Crippen LogP contribution in [0.1, 0.15) is 0 Å². The second kappa shape index (κ2) is 17.6. The molecule has 0 unspecified atom stereocenters. The van der Waals surface area contributed by atoms with Crippen molar-refractivity contribution in [3.05, 3.63) is 0 Å². The minimum absolute atomic E-state index is 0. The van der Waals surface area contributed by atoms with E-state index in [1.165, 1.54) is 0 Å². The number of hydrogen-bond donors (Lipinski definition) is 4. The van der Waals surface area contributed by atoms with E-state index in [1.807, 2.05) is 0 Å². The van der Waals surface area contributed by atoms with Crippen LogP contribution in [0.3, 0.4) is 0 Å². The predicted octanol–water partition coefficient (Wildman–Crippen LogP) is -8.88. The van der Waals surface area contributed by atoms with Crippen LogP contribution in [0.4, 0.5) is 0 Å². The van der Waals surface area contributed by atoms with Crippen molar-refractivity contribution in [1.82, 2.24) is 0 Å². The number of rotatable bonds is 0. The molecule has 0 rings (SSSR count). The summed E-state index contributed by atoms with van der Waals surface area (Å²) in [6.45, 7) is 0. The summed E-state index contributed by atoms with van der Waals surface area (Å²) in [5, 5.41) is 0. The maximum atomic E-state index is 8.59. The van der Waals surface area contributed by atoms with Crippen LogP contribution in [-0.4, -0.2) is 19.6 Å². The van der Waals surface area contributed by atoms with Crippen LogP contribution < -0.4 is 68.9 Å². The van der Waals surface area contributed by atoms with Crippen molar-refractivity contribution >= 4 is 17.2 Å². The van der Waals surface area contributed by atoms with E-state index >= 15 is 0 Å². The van der Waals surface area contributed by atoms with E-state index in [0.717, 1.165) is 0 Å². The molecule has 0 bridgehead atoms. The molecule has 0 spiro atoms. The summed E-state index contributed by atoms with van der Waals surface area (Å²) in [6, 6.07) is 0. The van der Waals surface area contributed by atoms with E-state index in [1.54, 1.807) is 0 Å². The summed E-state index contributed by atoms with van der Waals surface area (Å²) >= 11 is 0. The summed E-state index contributed by atoms with van der Waals surface area (Å²) in [4.78, 5) is 45.9. The fraction of sp³-hybridized carbons (Fsp3) is 0. The third kappa shape index (κ3) is 143. The molecule has 0 aliphatic heterocycles. The van der Waals surface area contributed by atoms with E-state index in [2.05, 4.69) is 0 Å². The van der Waals surface area contributed by atoms with E-state index in [9.17, 15) is 0 Å². The minimum Gasteiger partial charge on any atom is -0.820 e. The average Bonchev–Trinajstić information content (AvgIpc) is 1.25. The van der Waals surface area contributed by atoms with Gasteiger partial charge < -0.3 is 29.4 Å². The molecule has 0 aliphatic rings. The molecular weight excluding hydrogens is 204 g/mol. The summed E-state index contributed by atoms with van der Waals surface area (Å²) in [6.07, 6.45) is 0. The van der Waals surface area contributed by atoms with Crippen molar-refractivity contribution in [2.45, 2.75) is 0 Å². The van der Waals surface area contributed by atoms with Crippen molar-refractivity contribution in [3.63, 3.8) is 0 Å². The number of hydrogen-bond acceptors (Lipinski definition) is 6. The molecule has 10 heteroatoms. The van der Waals surface area contributed by atoms with Gasteiger partial charge in [-0.3, -0.25) is 0 Å². The molecule has 0 aromatic carbocycles. The van der Waals surface area contributed by atoms with Crippen molar-refractivity contribution in [3.8, 4) is 0 Å². The minimum atomic E-state index is -3.12. The van der Waals surface area contributed by atoms with Crippen LogP contribution in [0.25, 0.3) is 0 Å². The van der Waals surface area contributed by atoms with Crippen LogP contribution >= 0.6 is 17.2 Å². The summed E-state index contributed by atoms with van der Waals surface area (Å²) < 4.78 is 0. The van der Waals surface area contributed by atoms with Gasteiger partial charge in [-0.1, -0.05) is 0 Å². The van der Waals surface area contributed by atoms with Gasteiger partial charge in [0.15, 0.2) is 0 Å². The summed E-state index contributed by atoms with van der Waals surface area (Å²) in [7, 11) is -5.74. The van der Waals surface area contributed by atoms with Gasteiger partial charge >= 0.3 is 67.7 Å². The molecule has 10 heavy (non-hydrogen) atoms. The Kier molecular flexibility index (Phi) is 40.4. The Morgan fingerprint density at radius 3 is 0.800 bits per heavy atom. The first-order valence-electron chi connectivity index (χ1n) is 1.17. The van der Waals surface area contributed by atoms with E-state index in [-0.39, 0.29) is 59.1 Å². The van der Waals surface area contributed by atoms with Crippen molar-refractivity contribution in [2.75, 3.05) is 0 Å². The third-order valence-electron chi connectivity index (χ3n) is 0. The van der Waals surface area contributed by atoms with Gasteiger partial charge in [-0.25, -0.2) is 0 Å². The standard InChI is InChI=1S/2Na.H3O3P.HO3P/c;;2*1-4(2)3/h;;1-3H;1H/q2*+1;;-2. The Bertz CT molecular complexity index is 29.2. The molecule has 0 fully saturated rings. The van der Waals surface area contributed by atoms with Gasteiger partial charge in [0.1, 0.15) is 0 Å². The van der Waals surface area contributed by atoms with Gasteiger partial charge in [0.25, 0.3) is 0 Å². The second-order valence-corrected chi connectivity index (χ2v) is 1.52. The van der Waals surface area contributed by atoms with Crippen LogP contribution in [0.2, 0.25) is 0 Å². The fourth-order valence-electron chi connectivity index (χ4n) is 0. The molecule has 6 nitrogen and oxygen atoms in total. The van der Waals surface area contributed by atoms with Gasteiger partial charge in [-0.2, -0.15) is 8.60 Å². The van der Waals surface area contributed by atoms with Crippen molar-refractivity contribution in [1.29, 1.82) is 0 Å². The third-order valence-corrected chi connectivity index (χ3v) is 0. The van der Waals surface area contributed by atoms with E-state index in [4.69, 9.17) is 29.4 Å². The first-order chi connectivity index (χ1) is 3.46. The summed E-state index contributed by atoms with van der Waals surface area (Å²) in [5.41, 5.74) is 0. The van der Waals surface area contributed by atoms with Gasteiger partial charge in [-0.05, 0) is 0 Å². The Balaban J connectivity index is -0.0000000300. The molecule has 0 aliphatic carbocycles. The zero-order valence-corrected chi connectivity index (χ0v) is 11.3. The van der Waals surface area contributed by atoms with Crippen molar-refractivity contribution < 1.29 is 88.5 Å². The predicted molar refractivity (Wildman–Crippen MR) is 22.7 cm³/mol. The smallest absolute Gasteiger partial charge is 0.820 e. The van der Waals surface area contributed by atoms with Gasteiger partial charge in [0.05, 0.1) is 0 Å². The average molecular weight is 208 g/mol. The molecule has 0 heterocycles. The van der Waals surface area contributed by atoms with Crippen LogP contribution in [-0.2, 0) is 0 Å². The first-order valence-corrected chi connectivity index (χ1v) is 3.50. The molecule has 0 saturated carbocycles. The quantitative estimate of drug-likeness (QED) is 0.231. The molecule has 0 aromatic rings.